The van der Waals surface area contributed by atoms with Gasteiger partial charge in [-0.2, -0.15) is 0 Å². The largest absolute Gasteiger partial charge is 0.392 e. The number of rotatable bonds is 17. The molecule has 0 aromatic heterocycles. The number of hydrogen-bond donors (Lipinski definition) is 2. The summed E-state index contributed by atoms with van der Waals surface area (Å²) in [5, 5.41) is 2.89. The van der Waals surface area contributed by atoms with Crippen LogP contribution in [0.3, 0.4) is 0 Å². The number of nitrogens with one attached hydrogen (secondary N) is 1. The van der Waals surface area contributed by atoms with Gasteiger partial charge in [-0.25, -0.2) is 4.79 Å². The maximum atomic E-state index is 11.1. The van der Waals surface area contributed by atoms with Crippen molar-refractivity contribution >= 4 is 52.7 Å². The predicted octanol–water partition coefficient (Wildman–Crippen LogP) is 4.78. The molecule has 1 amide bonds. The summed E-state index contributed by atoms with van der Waals surface area (Å²) in [6.07, 6.45) is 0. The zero-order valence-electron chi connectivity index (χ0n) is 24.7. The quantitative estimate of drug-likeness (QED) is 0.106. The topological polar surface area (TPSA) is 135 Å². The molecule has 0 fully saturated rings. The van der Waals surface area contributed by atoms with E-state index < -0.39 is 11.8 Å². The van der Waals surface area contributed by atoms with Crippen molar-refractivity contribution in [1.29, 1.82) is 0 Å². The van der Waals surface area contributed by atoms with Gasteiger partial charge in [-0.15, -0.1) is 23.2 Å². The summed E-state index contributed by atoms with van der Waals surface area (Å²) in [5.74, 6) is -1.86. The molecule has 0 radical (unpaired) electrons. The highest BCUT2D eigenvalue weighted by molar-refractivity contribution is 6.40. The molecule has 0 saturated carbocycles. The van der Waals surface area contributed by atoms with Crippen LogP contribution in [0.1, 0.15) is 25.0 Å². The van der Waals surface area contributed by atoms with Crippen molar-refractivity contribution in [3.8, 4) is 0 Å². The van der Waals surface area contributed by atoms with Gasteiger partial charge in [0.2, 0.25) is 11.7 Å². The Kier molecular flexibility index (Phi) is 32.1. The Hall–Kier alpha value is -2.54. The van der Waals surface area contributed by atoms with Gasteiger partial charge in [0.15, 0.2) is 0 Å². The van der Waals surface area contributed by atoms with E-state index in [1.807, 2.05) is 60.7 Å². The van der Waals surface area contributed by atoms with Crippen molar-refractivity contribution in [3.63, 3.8) is 0 Å². The van der Waals surface area contributed by atoms with Crippen LogP contribution in [0.5, 0.6) is 0 Å². The summed E-state index contributed by atoms with van der Waals surface area (Å²) >= 11 is 14.0. The van der Waals surface area contributed by atoms with E-state index in [0.29, 0.717) is 71.5 Å². The molecule has 0 aliphatic heterocycles. The SMILES string of the molecule is C=C(C)C(=O)NCCOCCOCc1ccccc1.CC(=O)C(=O)OCl.ClCCl.NCCOCCOCc1ccccc1. The first kappa shape index (κ1) is 42.6. The van der Waals surface area contributed by atoms with Crippen molar-refractivity contribution in [2.24, 2.45) is 5.73 Å². The molecule has 3 N–H and O–H groups in total. The molecule has 10 nitrogen and oxygen atoms in total. The van der Waals surface area contributed by atoms with E-state index in [1.54, 1.807) is 6.92 Å². The second-order valence-corrected chi connectivity index (χ2v) is 9.11. The molecule has 13 heteroatoms. The highest BCUT2D eigenvalue weighted by Crippen LogP contribution is 2.00. The first-order valence-electron chi connectivity index (χ1n) is 13.2. The Balaban J connectivity index is 0. The number of ketones is 1. The standard InChI is InChI=1S/C15H21NO3.C11H17NO2.C3H3ClO3.CH2Cl2/c1-13(2)15(17)16-8-9-18-10-11-19-12-14-6-4-3-5-7-14;12-6-7-13-8-9-14-10-11-4-2-1-3-5-11;1-2(5)3(6)7-4;2-1-3/h3-7H,1,8-12H2,2H3,(H,16,17);1-5H,6-10,12H2;1H3;1H2. The maximum Gasteiger partial charge on any atom is 0.392 e. The summed E-state index contributed by atoms with van der Waals surface area (Å²) in [7, 11) is 0. The fourth-order valence-corrected chi connectivity index (χ4v) is 2.60. The maximum absolute atomic E-state index is 11.1. The predicted molar refractivity (Wildman–Crippen MR) is 170 cm³/mol. The first-order valence-corrected chi connectivity index (χ1v) is 14.6. The summed E-state index contributed by atoms with van der Waals surface area (Å²) in [5.41, 5.74) is 8.11. The molecule has 43 heavy (non-hydrogen) atoms. The number of halogens is 3. The minimum Gasteiger partial charge on any atom is -0.378 e. The van der Waals surface area contributed by atoms with Crippen LogP contribution < -0.4 is 11.1 Å². The van der Waals surface area contributed by atoms with E-state index in [1.165, 1.54) is 5.56 Å². The van der Waals surface area contributed by atoms with Crippen molar-refractivity contribution in [2.75, 3.05) is 58.1 Å². The summed E-state index contributed by atoms with van der Waals surface area (Å²) < 4.78 is 24.9. The Morgan fingerprint density at radius 2 is 1.16 bits per heavy atom. The molecule has 0 saturated heterocycles. The molecule has 0 bridgehead atoms. The Morgan fingerprint density at radius 1 is 0.744 bits per heavy atom. The number of Topliss-reactive ketones (excluding diaryl/α,β-unsaturated/α-hetero) is 1. The van der Waals surface area contributed by atoms with Crippen LogP contribution >= 0.6 is 35.1 Å². The Labute approximate surface area is 269 Å². The van der Waals surface area contributed by atoms with Gasteiger partial charge >= 0.3 is 5.97 Å². The van der Waals surface area contributed by atoms with Crippen LogP contribution in [0, 0.1) is 0 Å². The molecular weight excluding hydrogens is 623 g/mol. The number of ether oxygens (including phenoxy) is 4. The minimum atomic E-state index is -1.03. The van der Waals surface area contributed by atoms with Gasteiger partial charge in [-0.05, 0) is 18.1 Å². The van der Waals surface area contributed by atoms with Gasteiger partial charge in [0, 0.05) is 25.6 Å². The molecule has 0 spiro atoms. The lowest BCUT2D eigenvalue weighted by atomic mass is 10.2. The smallest absolute Gasteiger partial charge is 0.378 e. The van der Waals surface area contributed by atoms with E-state index in [2.05, 4.69) is 28.1 Å². The molecule has 2 aromatic rings. The van der Waals surface area contributed by atoms with Crippen molar-refractivity contribution < 1.29 is 37.6 Å². The van der Waals surface area contributed by atoms with Crippen LogP contribution in [0.15, 0.2) is 72.8 Å². The van der Waals surface area contributed by atoms with Crippen molar-refractivity contribution in [3.05, 3.63) is 83.9 Å². The number of carbonyl (C=O) groups is 3. The van der Waals surface area contributed by atoms with Crippen LogP contribution in [0.2, 0.25) is 0 Å². The molecule has 0 aliphatic rings. The van der Waals surface area contributed by atoms with E-state index in [-0.39, 0.29) is 11.2 Å². The molecule has 0 atom stereocenters. The third kappa shape index (κ3) is 30.7. The number of amides is 1. The van der Waals surface area contributed by atoms with Gasteiger partial charge in [-0.3, -0.25) is 9.59 Å². The molecule has 0 unspecified atom stereocenters. The zero-order chi connectivity index (χ0) is 32.6. The Bertz CT molecular complexity index is 970. The molecule has 0 aliphatic carbocycles. The van der Waals surface area contributed by atoms with Crippen molar-refractivity contribution in [1.82, 2.24) is 5.32 Å². The van der Waals surface area contributed by atoms with Crippen molar-refractivity contribution in [2.45, 2.75) is 27.1 Å². The van der Waals surface area contributed by atoms with Gasteiger partial charge < -0.3 is 34.3 Å². The highest BCUT2D eigenvalue weighted by atomic mass is 35.5. The lowest BCUT2D eigenvalue weighted by Gasteiger charge is -2.07. The molecule has 2 aromatic carbocycles. The number of alkyl halides is 2. The number of nitrogens with two attached hydrogens (primary N) is 1. The molecule has 242 valence electrons. The average Bonchev–Trinajstić information content (AvgIpc) is 3.01. The van der Waals surface area contributed by atoms with Crippen LogP contribution in [0.4, 0.5) is 0 Å². The normalized spacial score (nSPS) is 9.53. The monoisotopic (exact) mass is 664 g/mol. The van der Waals surface area contributed by atoms with Crippen LogP contribution in [0.25, 0.3) is 0 Å². The third-order valence-corrected chi connectivity index (χ3v) is 4.65. The van der Waals surface area contributed by atoms with Gasteiger partial charge in [-0.1, -0.05) is 67.2 Å². The Morgan fingerprint density at radius 3 is 1.51 bits per heavy atom. The molecule has 0 heterocycles. The van der Waals surface area contributed by atoms with Gasteiger partial charge in [0.25, 0.3) is 0 Å². The highest BCUT2D eigenvalue weighted by Gasteiger charge is 2.05. The lowest BCUT2D eigenvalue weighted by molar-refractivity contribution is -0.145. The summed E-state index contributed by atoms with van der Waals surface area (Å²) in [6, 6.07) is 20.1. The van der Waals surface area contributed by atoms with Crippen LogP contribution in [-0.4, -0.2) is 75.7 Å². The lowest BCUT2D eigenvalue weighted by Crippen LogP contribution is -2.27. The number of hydrogen-bond acceptors (Lipinski definition) is 9. The fourth-order valence-electron chi connectivity index (χ4n) is 2.49. The second-order valence-electron chi connectivity index (χ2n) is 8.15. The summed E-state index contributed by atoms with van der Waals surface area (Å²) in [6.45, 7) is 12.0. The minimum absolute atomic E-state index is 0.135. The number of benzene rings is 2. The molecule has 2 rings (SSSR count). The van der Waals surface area contributed by atoms with Gasteiger partial charge in [0.05, 0.1) is 58.2 Å². The second kappa shape index (κ2) is 32.4. The molecular formula is C30H43Cl3N2O8. The van der Waals surface area contributed by atoms with Gasteiger partial charge in [0.1, 0.15) is 11.9 Å². The third-order valence-electron chi connectivity index (χ3n) is 4.51. The summed E-state index contributed by atoms with van der Waals surface area (Å²) in [4.78, 5) is 30.8. The van der Waals surface area contributed by atoms with E-state index in [4.69, 9.17) is 47.9 Å². The number of carbonyl (C=O) groups excluding carboxylic acids is 3. The van der Waals surface area contributed by atoms with E-state index in [9.17, 15) is 14.4 Å². The zero-order valence-corrected chi connectivity index (χ0v) is 27.0. The van der Waals surface area contributed by atoms with E-state index in [0.717, 1.165) is 12.5 Å². The van der Waals surface area contributed by atoms with Crippen LogP contribution in [-0.2, 0) is 50.8 Å². The first-order chi connectivity index (χ1) is 20.7. The fraction of sp³-hybridized carbons (Fsp3) is 0.433. The average molecular weight is 666 g/mol. The van der Waals surface area contributed by atoms with E-state index >= 15 is 0 Å².